The number of hydrogen-bond acceptors (Lipinski definition) is 6. The SMILES string of the molecule is O=C(Nc1nnc(-c2ccc(Br)cc2)o1)c1ccno1. The van der Waals surface area contributed by atoms with Crippen molar-refractivity contribution in [2.24, 2.45) is 0 Å². The van der Waals surface area contributed by atoms with Crippen LogP contribution >= 0.6 is 15.9 Å². The molecule has 0 aliphatic carbocycles. The summed E-state index contributed by atoms with van der Waals surface area (Å²) in [5.41, 5.74) is 0.751. The van der Waals surface area contributed by atoms with Crippen LogP contribution in [-0.2, 0) is 0 Å². The normalized spacial score (nSPS) is 10.4. The Balaban J connectivity index is 1.77. The summed E-state index contributed by atoms with van der Waals surface area (Å²) in [6, 6.07) is 8.77. The maximum Gasteiger partial charge on any atom is 0.322 e. The molecule has 2 heterocycles. The Morgan fingerprint density at radius 3 is 2.65 bits per heavy atom. The van der Waals surface area contributed by atoms with E-state index in [1.165, 1.54) is 12.3 Å². The molecule has 3 rings (SSSR count). The van der Waals surface area contributed by atoms with Crippen molar-refractivity contribution in [3.8, 4) is 11.5 Å². The van der Waals surface area contributed by atoms with Gasteiger partial charge in [-0.15, -0.1) is 5.10 Å². The molecule has 0 atom stereocenters. The van der Waals surface area contributed by atoms with Crippen LogP contribution in [0.4, 0.5) is 6.01 Å². The van der Waals surface area contributed by atoms with E-state index in [4.69, 9.17) is 8.94 Å². The predicted octanol–water partition coefficient (Wildman–Crippen LogP) is 2.74. The standard InChI is InChI=1S/C12H7BrN4O3/c13-8-3-1-7(2-4-8)11-16-17-12(19-11)15-10(18)9-5-6-14-20-9/h1-6H,(H,15,17,18). The van der Waals surface area contributed by atoms with Crippen LogP contribution in [0.5, 0.6) is 0 Å². The van der Waals surface area contributed by atoms with E-state index in [1.54, 1.807) is 0 Å². The molecule has 0 saturated heterocycles. The van der Waals surface area contributed by atoms with Gasteiger partial charge in [-0.1, -0.05) is 26.2 Å². The van der Waals surface area contributed by atoms with E-state index < -0.39 is 5.91 Å². The Bertz CT molecular complexity index is 722. The van der Waals surface area contributed by atoms with Gasteiger partial charge in [-0.25, -0.2) is 0 Å². The Kier molecular flexibility index (Phi) is 3.30. The lowest BCUT2D eigenvalue weighted by atomic mass is 10.2. The Hall–Kier alpha value is -2.48. The highest BCUT2D eigenvalue weighted by Crippen LogP contribution is 2.22. The third kappa shape index (κ3) is 2.59. The minimum Gasteiger partial charge on any atom is -0.403 e. The van der Waals surface area contributed by atoms with E-state index in [0.717, 1.165) is 10.0 Å². The average molecular weight is 335 g/mol. The second kappa shape index (κ2) is 5.25. The molecule has 0 radical (unpaired) electrons. The number of amides is 1. The van der Waals surface area contributed by atoms with Gasteiger partial charge in [0.25, 0.3) is 5.91 Å². The summed E-state index contributed by atoms with van der Waals surface area (Å²) in [6.45, 7) is 0. The van der Waals surface area contributed by atoms with E-state index in [9.17, 15) is 4.79 Å². The van der Waals surface area contributed by atoms with Crippen LogP contribution in [0.15, 0.2) is 49.9 Å². The Morgan fingerprint density at radius 2 is 1.95 bits per heavy atom. The zero-order valence-corrected chi connectivity index (χ0v) is 11.5. The number of hydrogen-bond donors (Lipinski definition) is 1. The summed E-state index contributed by atoms with van der Waals surface area (Å²) in [4.78, 5) is 11.7. The van der Waals surface area contributed by atoms with E-state index in [-0.39, 0.29) is 11.8 Å². The lowest BCUT2D eigenvalue weighted by Gasteiger charge is -1.96. The summed E-state index contributed by atoms with van der Waals surface area (Å²) < 4.78 is 11.0. The first kappa shape index (κ1) is 12.5. The van der Waals surface area contributed by atoms with Crippen LogP contribution < -0.4 is 5.32 Å². The highest BCUT2D eigenvalue weighted by Gasteiger charge is 2.15. The molecule has 0 aliphatic heterocycles. The highest BCUT2D eigenvalue weighted by atomic mass is 79.9. The minimum atomic E-state index is -0.506. The number of anilines is 1. The molecular weight excluding hydrogens is 328 g/mol. The van der Waals surface area contributed by atoms with Crippen molar-refractivity contribution in [3.63, 3.8) is 0 Å². The summed E-state index contributed by atoms with van der Waals surface area (Å²) in [5, 5.41) is 13.5. The third-order valence-electron chi connectivity index (χ3n) is 2.40. The maximum absolute atomic E-state index is 11.7. The summed E-state index contributed by atoms with van der Waals surface area (Å²) in [7, 11) is 0. The van der Waals surface area contributed by atoms with Gasteiger partial charge in [0.2, 0.25) is 11.7 Å². The van der Waals surface area contributed by atoms with E-state index in [2.05, 4.69) is 36.6 Å². The summed E-state index contributed by atoms with van der Waals surface area (Å²) in [5.74, 6) is -0.132. The molecule has 0 fully saturated rings. The van der Waals surface area contributed by atoms with Crippen LogP contribution in [0.3, 0.4) is 0 Å². The van der Waals surface area contributed by atoms with Gasteiger partial charge in [-0.05, 0) is 24.3 Å². The average Bonchev–Trinajstić information content (AvgIpc) is 3.10. The quantitative estimate of drug-likeness (QED) is 0.791. The van der Waals surface area contributed by atoms with Crippen molar-refractivity contribution in [2.75, 3.05) is 5.32 Å². The summed E-state index contributed by atoms with van der Waals surface area (Å²) in [6.07, 6.45) is 1.37. The fourth-order valence-corrected chi connectivity index (χ4v) is 1.74. The predicted molar refractivity (Wildman–Crippen MR) is 71.9 cm³/mol. The van der Waals surface area contributed by atoms with E-state index in [1.807, 2.05) is 24.3 Å². The molecule has 1 aromatic carbocycles. The molecule has 0 bridgehead atoms. The van der Waals surface area contributed by atoms with Crippen molar-refractivity contribution < 1.29 is 13.7 Å². The van der Waals surface area contributed by atoms with Gasteiger partial charge in [-0.3, -0.25) is 10.1 Å². The molecule has 2 aromatic heterocycles. The second-order valence-electron chi connectivity index (χ2n) is 3.75. The number of rotatable bonds is 3. The van der Waals surface area contributed by atoms with Crippen molar-refractivity contribution >= 4 is 27.9 Å². The van der Waals surface area contributed by atoms with Gasteiger partial charge in [0.05, 0.1) is 6.20 Å². The first-order chi connectivity index (χ1) is 9.72. The van der Waals surface area contributed by atoms with Gasteiger partial charge < -0.3 is 8.94 Å². The number of halogens is 1. The van der Waals surface area contributed by atoms with Crippen molar-refractivity contribution in [2.45, 2.75) is 0 Å². The number of nitrogens with one attached hydrogen (secondary N) is 1. The monoisotopic (exact) mass is 334 g/mol. The topological polar surface area (TPSA) is 94.1 Å². The van der Waals surface area contributed by atoms with Crippen LogP contribution in [0.2, 0.25) is 0 Å². The van der Waals surface area contributed by atoms with E-state index >= 15 is 0 Å². The van der Waals surface area contributed by atoms with Gasteiger partial charge in [0.15, 0.2) is 0 Å². The zero-order valence-electron chi connectivity index (χ0n) is 9.91. The number of benzene rings is 1. The molecule has 3 aromatic rings. The van der Waals surface area contributed by atoms with Crippen molar-refractivity contribution in [3.05, 3.63) is 46.8 Å². The molecule has 0 spiro atoms. The second-order valence-corrected chi connectivity index (χ2v) is 4.67. The van der Waals surface area contributed by atoms with Crippen LogP contribution in [0.25, 0.3) is 11.5 Å². The molecular formula is C12H7BrN4O3. The lowest BCUT2D eigenvalue weighted by molar-refractivity contribution is 0.0985. The summed E-state index contributed by atoms with van der Waals surface area (Å²) >= 11 is 3.34. The molecule has 8 heteroatoms. The Morgan fingerprint density at radius 1 is 1.15 bits per heavy atom. The lowest BCUT2D eigenvalue weighted by Crippen LogP contribution is -2.11. The Labute approximate surface area is 121 Å². The van der Waals surface area contributed by atoms with Gasteiger partial charge in [-0.2, -0.15) is 0 Å². The smallest absolute Gasteiger partial charge is 0.322 e. The fourth-order valence-electron chi connectivity index (χ4n) is 1.47. The first-order valence-electron chi connectivity index (χ1n) is 5.54. The number of carbonyl (C=O) groups excluding carboxylic acids is 1. The largest absolute Gasteiger partial charge is 0.403 e. The fraction of sp³-hybridized carbons (Fsp3) is 0. The molecule has 0 aliphatic rings. The van der Waals surface area contributed by atoms with Gasteiger partial charge >= 0.3 is 6.01 Å². The molecule has 1 amide bonds. The van der Waals surface area contributed by atoms with Crippen LogP contribution in [-0.4, -0.2) is 21.3 Å². The molecule has 1 N–H and O–H groups in total. The molecule has 7 nitrogen and oxygen atoms in total. The van der Waals surface area contributed by atoms with Crippen molar-refractivity contribution in [1.82, 2.24) is 15.4 Å². The highest BCUT2D eigenvalue weighted by molar-refractivity contribution is 9.10. The molecule has 0 saturated carbocycles. The van der Waals surface area contributed by atoms with Crippen LogP contribution in [0.1, 0.15) is 10.6 Å². The number of nitrogens with zero attached hydrogens (tertiary/aromatic N) is 3. The number of carbonyl (C=O) groups is 1. The first-order valence-corrected chi connectivity index (χ1v) is 6.33. The third-order valence-corrected chi connectivity index (χ3v) is 2.93. The van der Waals surface area contributed by atoms with Gasteiger partial charge in [0, 0.05) is 16.1 Å². The molecule has 0 unspecified atom stereocenters. The maximum atomic E-state index is 11.7. The number of aromatic nitrogens is 3. The zero-order chi connectivity index (χ0) is 13.9. The molecule has 100 valence electrons. The molecule has 20 heavy (non-hydrogen) atoms. The van der Waals surface area contributed by atoms with E-state index in [0.29, 0.717) is 5.89 Å². The minimum absolute atomic E-state index is 0.00989. The van der Waals surface area contributed by atoms with Gasteiger partial charge in [0.1, 0.15) is 0 Å². The van der Waals surface area contributed by atoms with Crippen molar-refractivity contribution in [1.29, 1.82) is 0 Å². The van der Waals surface area contributed by atoms with Crippen LogP contribution in [0, 0.1) is 0 Å².